The van der Waals surface area contributed by atoms with E-state index in [1.165, 1.54) is 0 Å². The van der Waals surface area contributed by atoms with Crippen LogP contribution in [0.5, 0.6) is 0 Å². The lowest BCUT2D eigenvalue weighted by Crippen LogP contribution is -2.32. The second-order valence-corrected chi connectivity index (χ2v) is 5.11. The third kappa shape index (κ3) is 3.69. The van der Waals surface area contributed by atoms with E-state index in [9.17, 15) is 4.79 Å². The van der Waals surface area contributed by atoms with Crippen molar-refractivity contribution >= 4 is 29.0 Å². The number of hydrogen-bond acceptors (Lipinski definition) is 3. The zero-order valence-corrected chi connectivity index (χ0v) is 11.5. The lowest BCUT2D eigenvalue weighted by Gasteiger charge is -2.17. The molecule has 1 fully saturated rings. The molecule has 0 aromatic heterocycles. The first kappa shape index (κ1) is 13.8. The van der Waals surface area contributed by atoms with E-state index in [0.29, 0.717) is 28.8 Å². The Bertz CT molecular complexity index is 429. The molecule has 0 N–H and O–H groups in total. The molecule has 0 saturated carbocycles. The normalized spacial score (nSPS) is 17.4. The topological polar surface area (TPSA) is 29.5 Å². The largest absolute Gasteiger partial charge is 0.380 e. The molecule has 0 amide bonds. The van der Waals surface area contributed by atoms with Crippen LogP contribution in [0.25, 0.3) is 0 Å². The Labute approximate surface area is 117 Å². The van der Waals surface area contributed by atoms with Gasteiger partial charge in [0.15, 0.2) is 5.78 Å². The minimum atomic E-state index is 0.0652. The van der Waals surface area contributed by atoms with Gasteiger partial charge in [0.2, 0.25) is 0 Å². The summed E-state index contributed by atoms with van der Waals surface area (Å²) in [5, 5.41) is 0.887. The molecule has 1 saturated heterocycles. The number of nitrogens with zero attached hydrogens (tertiary/aromatic N) is 1. The molecule has 0 aliphatic carbocycles. The van der Waals surface area contributed by atoms with Crippen molar-refractivity contribution in [2.75, 3.05) is 32.8 Å². The SMILES string of the molecule is O=C(CN1CCCOCC1)c1ccc(Cl)c(Cl)c1. The number of carbonyl (C=O) groups is 1. The lowest BCUT2D eigenvalue weighted by molar-refractivity contribution is 0.0922. The van der Waals surface area contributed by atoms with E-state index < -0.39 is 0 Å². The fourth-order valence-corrected chi connectivity index (χ4v) is 2.22. The van der Waals surface area contributed by atoms with Gasteiger partial charge in [-0.25, -0.2) is 0 Å². The number of halogens is 2. The van der Waals surface area contributed by atoms with Crippen LogP contribution in [0.4, 0.5) is 0 Å². The van der Waals surface area contributed by atoms with E-state index >= 15 is 0 Å². The van der Waals surface area contributed by atoms with Crippen molar-refractivity contribution in [2.24, 2.45) is 0 Å². The Hall–Kier alpha value is -0.610. The molecule has 18 heavy (non-hydrogen) atoms. The highest BCUT2D eigenvalue weighted by Gasteiger charge is 2.15. The highest BCUT2D eigenvalue weighted by molar-refractivity contribution is 6.42. The van der Waals surface area contributed by atoms with Gasteiger partial charge in [0.05, 0.1) is 23.2 Å². The molecular weight excluding hydrogens is 273 g/mol. The molecule has 1 aliphatic heterocycles. The highest BCUT2D eigenvalue weighted by atomic mass is 35.5. The Morgan fingerprint density at radius 3 is 2.83 bits per heavy atom. The van der Waals surface area contributed by atoms with Gasteiger partial charge in [0, 0.05) is 25.3 Å². The van der Waals surface area contributed by atoms with Gasteiger partial charge < -0.3 is 4.74 Å². The van der Waals surface area contributed by atoms with Crippen LogP contribution in [0.3, 0.4) is 0 Å². The molecule has 5 heteroatoms. The lowest BCUT2D eigenvalue weighted by atomic mass is 10.1. The van der Waals surface area contributed by atoms with E-state index in [1.807, 2.05) is 0 Å². The van der Waals surface area contributed by atoms with Gasteiger partial charge in [-0.1, -0.05) is 23.2 Å². The van der Waals surface area contributed by atoms with Crippen LogP contribution in [0.15, 0.2) is 18.2 Å². The number of ketones is 1. The predicted octanol–water partition coefficient (Wildman–Crippen LogP) is 2.90. The number of hydrogen-bond donors (Lipinski definition) is 0. The van der Waals surface area contributed by atoms with Gasteiger partial charge in [0.1, 0.15) is 0 Å². The highest BCUT2D eigenvalue weighted by Crippen LogP contribution is 2.22. The van der Waals surface area contributed by atoms with E-state index in [2.05, 4.69) is 4.90 Å². The van der Waals surface area contributed by atoms with Gasteiger partial charge in [0.25, 0.3) is 0 Å². The fraction of sp³-hybridized carbons (Fsp3) is 0.462. The van der Waals surface area contributed by atoms with Crippen LogP contribution in [0.1, 0.15) is 16.8 Å². The van der Waals surface area contributed by atoms with Gasteiger partial charge >= 0.3 is 0 Å². The van der Waals surface area contributed by atoms with Crippen molar-refractivity contribution in [1.29, 1.82) is 0 Å². The summed E-state index contributed by atoms with van der Waals surface area (Å²) >= 11 is 11.7. The summed E-state index contributed by atoms with van der Waals surface area (Å²) in [6.45, 7) is 3.56. The molecule has 98 valence electrons. The van der Waals surface area contributed by atoms with Crippen LogP contribution in [0, 0.1) is 0 Å². The minimum Gasteiger partial charge on any atom is -0.380 e. The Morgan fingerprint density at radius 1 is 1.22 bits per heavy atom. The molecule has 1 aliphatic rings. The number of carbonyl (C=O) groups excluding carboxylic acids is 1. The van der Waals surface area contributed by atoms with Crippen LogP contribution in [-0.2, 0) is 4.74 Å². The molecular formula is C13H15Cl2NO2. The van der Waals surface area contributed by atoms with Crippen molar-refractivity contribution in [1.82, 2.24) is 4.90 Å². The summed E-state index contributed by atoms with van der Waals surface area (Å²) in [6, 6.07) is 4.99. The Balaban J connectivity index is 1.99. The Morgan fingerprint density at radius 2 is 2.06 bits per heavy atom. The molecule has 1 aromatic carbocycles. The standard InChI is InChI=1S/C13H15Cl2NO2/c14-11-3-2-10(8-12(11)15)13(17)9-16-4-1-6-18-7-5-16/h2-3,8H,1,4-7,9H2. The molecule has 0 unspecified atom stereocenters. The molecule has 2 rings (SSSR count). The number of benzene rings is 1. The van der Waals surface area contributed by atoms with Crippen LogP contribution in [0.2, 0.25) is 10.0 Å². The number of ether oxygens (including phenoxy) is 1. The monoisotopic (exact) mass is 287 g/mol. The molecule has 1 aromatic rings. The van der Waals surface area contributed by atoms with E-state index in [-0.39, 0.29) is 5.78 Å². The smallest absolute Gasteiger partial charge is 0.176 e. The summed E-state index contributed by atoms with van der Waals surface area (Å²) < 4.78 is 5.36. The average molecular weight is 288 g/mol. The Kier molecular flexibility index (Phi) is 5.01. The van der Waals surface area contributed by atoms with Crippen LogP contribution >= 0.6 is 23.2 Å². The first-order valence-corrected chi connectivity index (χ1v) is 6.71. The first-order valence-electron chi connectivity index (χ1n) is 5.95. The number of rotatable bonds is 3. The second-order valence-electron chi connectivity index (χ2n) is 4.29. The zero-order chi connectivity index (χ0) is 13.0. The maximum atomic E-state index is 12.1. The third-order valence-electron chi connectivity index (χ3n) is 2.92. The maximum absolute atomic E-state index is 12.1. The summed E-state index contributed by atoms with van der Waals surface area (Å²) in [7, 11) is 0. The average Bonchev–Trinajstić information content (AvgIpc) is 2.61. The molecule has 0 radical (unpaired) electrons. The molecule has 3 nitrogen and oxygen atoms in total. The molecule has 1 heterocycles. The third-order valence-corrected chi connectivity index (χ3v) is 3.66. The van der Waals surface area contributed by atoms with Gasteiger partial charge in [-0.05, 0) is 24.6 Å². The van der Waals surface area contributed by atoms with Gasteiger partial charge in [-0.3, -0.25) is 9.69 Å². The van der Waals surface area contributed by atoms with Crippen molar-refractivity contribution in [3.05, 3.63) is 33.8 Å². The summed E-state index contributed by atoms with van der Waals surface area (Å²) in [6.07, 6.45) is 0.967. The van der Waals surface area contributed by atoms with Crippen molar-refractivity contribution < 1.29 is 9.53 Å². The fourth-order valence-electron chi connectivity index (χ4n) is 1.92. The molecule has 0 bridgehead atoms. The van der Waals surface area contributed by atoms with E-state index in [1.54, 1.807) is 18.2 Å². The maximum Gasteiger partial charge on any atom is 0.176 e. The quantitative estimate of drug-likeness (QED) is 0.801. The van der Waals surface area contributed by atoms with Gasteiger partial charge in [-0.15, -0.1) is 0 Å². The van der Waals surface area contributed by atoms with Crippen LogP contribution in [-0.4, -0.2) is 43.5 Å². The molecule has 0 spiro atoms. The predicted molar refractivity (Wildman–Crippen MR) is 72.7 cm³/mol. The van der Waals surface area contributed by atoms with Crippen molar-refractivity contribution in [3.8, 4) is 0 Å². The van der Waals surface area contributed by atoms with Gasteiger partial charge in [-0.2, -0.15) is 0 Å². The molecule has 0 atom stereocenters. The summed E-state index contributed by atoms with van der Waals surface area (Å²) in [5.74, 6) is 0.0652. The second kappa shape index (κ2) is 6.53. The summed E-state index contributed by atoms with van der Waals surface area (Å²) in [4.78, 5) is 14.2. The zero-order valence-electron chi connectivity index (χ0n) is 9.99. The van der Waals surface area contributed by atoms with E-state index in [4.69, 9.17) is 27.9 Å². The minimum absolute atomic E-state index is 0.0652. The van der Waals surface area contributed by atoms with Crippen molar-refractivity contribution in [3.63, 3.8) is 0 Å². The van der Waals surface area contributed by atoms with E-state index in [0.717, 1.165) is 26.1 Å². The number of Topliss-reactive ketones (excluding diaryl/α,β-unsaturated/α-hetero) is 1. The summed E-state index contributed by atoms with van der Waals surface area (Å²) in [5.41, 5.74) is 0.606. The van der Waals surface area contributed by atoms with Crippen LogP contribution < -0.4 is 0 Å². The van der Waals surface area contributed by atoms with Crippen molar-refractivity contribution in [2.45, 2.75) is 6.42 Å². The first-order chi connectivity index (χ1) is 8.66.